The van der Waals surface area contributed by atoms with Gasteiger partial charge in [-0.25, -0.2) is 8.42 Å². The molecule has 1 aromatic carbocycles. The molecule has 2 aromatic heterocycles. The van der Waals surface area contributed by atoms with E-state index in [-0.39, 0.29) is 0 Å². The number of sulfonamides is 1. The van der Waals surface area contributed by atoms with Gasteiger partial charge in [-0.15, -0.1) is 10.2 Å². The first-order chi connectivity index (χ1) is 15.1. The van der Waals surface area contributed by atoms with Crippen LogP contribution in [0.5, 0.6) is 0 Å². The first-order valence-corrected chi connectivity index (χ1v) is 11.8. The number of benzene rings is 1. The third-order valence-corrected chi connectivity index (χ3v) is 7.23. The van der Waals surface area contributed by atoms with Crippen LogP contribution in [0.4, 0.5) is 0 Å². The van der Waals surface area contributed by atoms with Gasteiger partial charge in [-0.2, -0.15) is 4.31 Å². The molecule has 164 valence electrons. The first kappa shape index (κ1) is 21.3. The van der Waals surface area contributed by atoms with Crippen LogP contribution in [0.2, 0.25) is 0 Å². The Kier molecular flexibility index (Phi) is 6.47. The minimum Gasteiger partial charge on any atom is -0.352 e. The van der Waals surface area contributed by atoms with Crippen molar-refractivity contribution >= 4 is 21.6 Å². The molecule has 3 heterocycles. The molecular weight excluding hydrogens is 414 g/mol. The van der Waals surface area contributed by atoms with Gasteiger partial charge in [0.25, 0.3) is 0 Å². The molecule has 10 heteroatoms. The minimum atomic E-state index is -3.45. The van der Waals surface area contributed by atoms with E-state index in [0.29, 0.717) is 37.0 Å². The van der Waals surface area contributed by atoms with Gasteiger partial charge in [-0.05, 0) is 42.7 Å². The Morgan fingerprint density at radius 2 is 1.84 bits per heavy atom. The topological polar surface area (TPSA) is 104 Å². The number of aliphatic imine (C=N–C) groups is 1. The summed E-state index contributed by atoms with van der Waals surface area (Å²) in [5.74, 6) is 1.37. The van der Waals surface area contributed by atoms with E-state index in [1.165, 1.54) is 0 Å². The highest BCUT2D eigenvalue weighted by Crippen LogP contribution is 2.21. The number of nitrogens with zero attached hydrogens (tertiary/aromatic N) is 5. The highest BCUT2D eigenvalue weighted by Gasteiger charge is 2.25. The molecule has 0 aliphatic carbocycles. The second kappa shape index (κ2) is 9.44. The maximum absolute atomic E-state index is 12.9. The largest absolute Gasteiger partial charge is 0.352 e. The standard InChI is InChI=1S/C21H27N7O2S/c1-22-21(24-16-20-26-25-19-10-3-6-13-28(19)20)23-15-17-8-7-9-18(14-17)31(29,30)27-11-4-2-5-12-27/h3,6-10,13-14H,2,4-5,11-12,15-16H2,1H3,(H2,22,23,24). The molecule has 0 spiro atoms. The van der Waals surface area contributed by atoms with E-state index in [9.17, 15) is 8.42 Å². The molecule has 1 aliphatic heterocycles. The van der Waals surface area contributed by atoms with Gasteiger partial charge in [0.1, 0.15) is 0 Å². The van der Waals surface area contributed by atoms with E-state index in [0.717, 1.165) is 36.3 Å². The van der Waals surface area contributed by atoms with Gasteiger partial charge in [0.05, 0.1) is 11.4 Å². The van der Waals surface area contributed by atoms with Crippen molar-refractivity contribution in [1.29, 1.82) is 0 Å². The number of hydrogen-bond acceptors (Lipinski definition) is 5. The normalized spacial score (nSPS) is 15.8. The second-order valence-electron chi connectivity index (χ2n) is 7.44. The quantitative estimate of drug-likeness (QED) is 0.446. The Morgan fingerprint density at radius 3 is 2.65 bits per heavy atom. The molecular formula is C21H27N7O2S. The van der Waals surface area contributed by atoms with Crippen LogP contribution in [0.3, 0.4) is 0 Å². The molecule has 0 bridgehead atoms. The molecule has 9 nitrogen and oxygen atoms in total. The Hall–Kier alpha value is -2.98. The zero-order chi connectivity index (χ0) is 21.7. The third kappa shape index (κ3) is 4.86. The maximum Gasteiger partial charge on any atom is 0.243 e. The molecule has 4 rings (SSSR count). The first-order valence-electron chi connectivity index (χ1n) is 10.4. The van der Waals surface area contributed by atoms with Crippen molar-refractivity contribution in [2.75, 3.05) is 20.1 Å². The van der Waals surface area contributed by atoms with Gasteiger partial charge < -0.3 is 10.6 Å². The molecule has 3 aromatic rings. The van der Waals surface area contributed by atoms with Crippen LogP contribution in [-0.2, 0) is 23.1 Å². The molecule has 31 heavy (non-hydrogen) atoms. The Bertz CT molecular complexity index is 1170. The van der Waals surface area contributed by atoms with Gasteiger partial charge in [0.15, 0.2) is 17.4 Å². The number of pyridine rings is 1. The van der Waals surface area contributed by atoms with Gasteiger partial charge in [-0.1, -0.05) is 24.6 Å². The predicted octanol–water partition coefficient (Wildman–Crippen LogP) is 1.77. The number of hydrogen-bond donors (Lipinski definition) is 2. The fraction of sp³-hybridized carbons (Fsp3) is 0.381. The van der Waals surface area contributed by atoms with Crippen molar-refractivity contribution in [2.24, 2.45) is 4.99 Å². The highest BCUT2D eigenvalue weighted by atomic mass is 32.2. The Balaban J connectivity index is 1.38. The van der Waals surface area contributed by atoms with Gasteiger partial charge in [0, 0.05) is 32.9 Å². The number of rotatable bonds is 6. The van der Waals surface area contributed by atoms with Gasteiger partial charge >= 0.3 is 0 Å². The van der Waals surface area contributed by atoms with Crippen molar-refractivity contribution in [3.63, 3.8) is 0 Å². The average Bonchev–Trinajstić information content (AvgIpc) is 3.23. The molecule has 0 unspecified atom stereocenters. The summed E-state index contributed by atoms with van der Waals surface area (Å²) in [6, 6.07) is 12.8. The fourth-order valence-corrected chi connectivity index (χ4v) is 5.24. The summed E-state index contributed by atoms with van der Waals surface area (Å²) in [5.41, 5.74) is 1.66. The minimum absolute atomic E-state index is 0.339. The predicted molar refractivity (Wildman–Crippen MR) is 119 cm³/mol. The summed E-state index contributed by atoms with van der Waals surface area (Å²) in [7, 11) is -1.76. The molecule has 0 amide bonds. The van der Waals surface area contributed by atoms with Crippen molar-refractivity contribution in [2.45, 2.75) is 37.2 Å². The average molecular weight is 442 g/mol. The summed E-state index contributed by atoms with van der Waals surface area (Å²) >= 11 is 0. The molecule has 0 radical (unpaired) electrons. The lowest BCUT2D eigenvalue weighted by Crippen LogP contribution is -2.37. The van der Waals surface area contributed by atoms with Crippen molar-refractivity contribution in [1.82, 2.24) is 29.5 Å². The molecule has 2 N–H and O–H groups in total. The van der Waals surface area contributed by atoms with E-state index in [4.69, 9.17) is 0 Å². The van der Waals surface area contributed by atoms with E-state index in [1.54, 1.807) is 29.6 Å². The summed E-state index contributed by atoms with van der Waals surface area (Å²) in [6.07, 6.45) is 4.84. The number of guanidine groups is 1. The number of piperidine rings is 1. The number of aromatic nitrogens is 3. The lowest BCUT2D eigenvalue weighted by Gasteiger charge is -2.26. The van der Waals surface area contributed by atoms with E-state index < -0.39 is 10.0 Å². The zero-order valence-corrected chi connectivity index (χ0v) is 18.3. The summed E-state index contributed by atoms with van der Waals surface area (Å²) in [4.78, 5) is 4.58. The molecule has 1 aliphatic rings. The van der Waals surface area contributed by atoms with Crippen LogP contribution in [0, 0.1) is 0 Å². The summed E-state index contributed by atoms with van der Waals surface area (Å²) < 4.78 is 29.4. The van der Waals surface area contributed by atoms with E-state index >= 15 is 0 Å². The molecule has 1 saturated heterocycles. The van der Waals surface area contributed by atoms with Crippen LogP contribution in [0.25, 0.3) is 5.65 Å². The molecule has 0 atom stereocenters. The number of fused-ring (bicyclic) bond motifs is 1. The maximum atomic E-state index is 12.9. The molecule has 0 saturated carbocycles. The van der Waals surface area contributed by atoms with Gasteiger partial charge in [-0.3, -0.25) is 9.39 Å². The fourth-order valence-electron chi connectivity index (χ4n) is 3.65. The van der Waals surface area contributed by atoms with Crippen LogP contribution in [0.1, 0.15) is 30.7 Å². The highest BCUT2D eigenvalue weighted by molar-refractivity contribution is 7.89. The van der Waals surface area contributed by atoms with E-state index in [2.05, 4.69) is 25.8 Å². The lowest BCUT2D eigenvalue weighted by molar-refractivity contribution is 0.346. The second-order valence-corrected chi connectivity index (χ2v) is 9.37. The van der Waals surface area contributed by atoms with Crippen LogP contribution in [-0.4, -0.2) is 53.4 Å². The number of nitrogens with one attached hydrogen (secondary N) is 2. The van der Waals surface area contributed by atoms with Crippen molar-refractivity contribution < 1.29 is 8.42 Å². The lowest BCUT2D eigenvalue weighted by atomic mass is 10.2. The zero-order valence-electron chi connectivity index (χ0n) is 17.5. The van der Waals surface area contributed by atoms with Crippen LogP contribution in [0.15, 0.2) is 58.5 Å². The van der Waals surface area contributed by atoms with Crippen molar-refractivity contribution in [3.05, 3.63) is 60.0 Å². The van der Waals surface area contributed by atoms with Crippen molar-refractivity contribution in [3.8, 4) is 0 Å². The van der Waals surface area contributed by atoms with Gasteiger partial charge in [0.2, 0.25) is 10.0 Å². The Morgan fingerprint density at radius 1 is 1.03 bits per heavy atom. The van der Waals surface area contributed by atoms with Crippen LogP contribution >= 0.6 is 0 Å². The third-order valence-electron chi connectivity index (χ3n) is 5.33. The van der Waals surface area contributed by atoms with E-state index in [1.807, 2.05) is 34.9 Å². The SMILES string of the molecule is CN=C(NCc1cccc(S(=O)(=O)N2CCCCC2)c1)NCc1nnc2ccccn12. The summed E-state index contributed by atoms with van der Waals surface area (Å²) in [6.45, 7) is 2.09. The molecule has 1 fully saturated rings. The smallest absolute Gasteiger partial charge is 0.243 e. The summed E-state index contributed by atoms with van der Waals surface area (Å²) in [5, 5.41) is 14.8. The Labute approximate surface area is 182 Å². The monoisotopic (exact) mass is 441 g/mol. The van der Waals surface area contributed by atoms with Crippen LogP contribution < -0.4 is 10.6 Å².